The number of carbonyl (C=O) groups excluding carboxylic acids is 2. The summed E-state index contributed by atoms with van der Waals surface area (Å²) in [6, 6.07) is 16.2. The van der Waals surface area contributed by atoms with Gasteiger partial charge in [0.05, 0.1) is 23.6 Å². The molecule has 0 saturated heterocycles. The molecule has 0 atom stereocenters. The number of nitrogens with zero attached hydrogens (tertiary/aromatic N) is 3. The predicted molar refractivity (Wildman–Crippen MR) is 120 cm³/mol. The van der Waals surface area contributed by atoms with Gasteiger partial charge in [-0.3, -0.25) is 19.9 Å². The average molecular weight is 431 g/mol. The molecule has 0 radical (unpaired) electrons. The van der Waals surface area contributed by atoms with Crippen molar-refractivity contribution < 1.29 is 19.2 Å². The van der Waals surface area contributed by atoms with Crippen LogP contribution in [-0.2, 0) is 16.1 Å². The number of non-ortho nitro benzene ring substituents is 1. The quantitative estimate of drug-likeness (QED) is 0.226. The molecule has 0 fully saturated rings. The van der Waals surface area contributed by atoms with Crippen molar-refractivity contribution in [1.29, 1.82) is 0 Å². The Morgan fingerprint density at radius 2 is 1.81 bits per heavy atom. The number of benzene rings is 2. The number of amides is 1. The van der Waals surface area contributed by atoms with E-state index in [0.717, 1.165) is 5.56 Å². The highest BCUT2D eigenvalue weighted by Gasteiger charge is 2.16. The van der Waals surface area contributed by atoms with Gasteiger partial charge in [0.15, 0.2) is 0 Å². The first-order chi connectivity index (χ1) is 15.5. The second kappa shape index (κ2) is 10.6. The summed E-state index contributed by atoms with van der Waals surface area (Å²) in [4.78, 5) is 41.0. The monoisotopic (exact) mass is 431 g/mol. The van der Waals surface area contributed by atoms with E-state index in [9.17, 15) is 19.7 Å². The van der Waals surface area contributed by atoms with Gasteiger partial charge in [-0.15, -0.1) is 0 Å². The first-order valence-electron chi connectivity index (χ1n) is 9.88. The van der Waals surface area contributed by atoms with Gasteiger partial charge in [-0.1, -0.05) is 12.1 Å². The van der Waals surface area contributed by atoms with E-state index in [1.165, 1.54) is 29.2 Å². The van der Waals surface area contributed by atoms with Crippen LogP contribution in [0.1, 0.15) is 28.4 Å². The maximum absolute atomic E-state index is 13.1. The van der Waals surface area contributed by atoms with Gasteiger partial charge in [0.2, 0.25) is 0 Å². The van der Waals surface area contributed by atoms with Crippen molar-refractivity contribution in [2.24, 2.45) is 0 Å². The number of esters is 1. The maximum atomic E-state index is 13.1. The Morgan fingerprint density at radius 1 is 1.09 bits per heavy atom. The van der Waals surface area contributed by atoms with E-state index in [1.54, 1.807) is 67.8 Å². The van der Waals surface area contributed by atoms with E-state index in [2.05, 4.69) is 4.98 Å². The number of ether oxygens (including phenoxy) is 1. The molecule has 3 aromatic rings. The summed E-state index contributed by atoms with van der Waals surface area (Å²) in [5, 5.41) is 11.0. The lowest BCUT2D eigenvalue weighted by Gasteiger charge is -2.22. The van der Waals surface area contributed by atoms with E-state index in [1.807, 2.05) is 0 Å². The molecule has 162 valence electrons. The maximum Gasteiger partial charge on any atom is 0.338 e. The van der Waals surface area contributed by atoms with Crippen LogP contribution >= 0.6 is 0 Å². The van der Waals surface area contributed by atoms with Crippen LogP contribution in [0.2, 0.25) is 0 Å². The highest BCUT2D eigenvalue weighted by molar-refractivity contribution is 6.04. The number of nitro groups is 1. The number of carbonyl (C=O) groups is 2. The molecular formula is C24H21N3O5. The molecule has 0 aliphatic rings. The summed E-state index contributed by atoms with van der Waals surface area (Å²) in [5.74, 6) is -0.756. The van der Waals surface area contributed by atoms with Crippen LogP contribution in [0.4, 0.5) is 11.4 Å². The van der Waals surface area contributed by atoms with Gasteiger partial charge in [-0.2, -0.15) is 0 Å². The molecule has 8 heteroatoms. The average Bonchev–Trinajstić information content (AvgIpc) is 2.82. The van der Waals surface area contributed by atoms with Crippen LogP contribution in [0.5, 0.6) is 0 Å². The third-order valence-electron chi connectivity index (χ3n) is 4.55. The van der Waals surface area contributed by atoms with Crippen molar-refractivity contribution in [3.63, 3.8) is 0 Å². The summed E-state index contributed by atoms with van der Waals surface area (Å²) in [7, 11) is 0. The van der Waals surface area contributed by atoms with E-state index < -0.39 is 10.9 Å². The summed E-state index contributed by atoms with van der Waals surface area (Å²) in [5.41, 5.74) is 2.33. The highest BCUT2D eigenvalue weighted by Crippen LogP contribution is 2.20. The summed E-state index contributed by atoms with van der Waals surface area (Å²) < 4.78 is 5.00. The third-order valence-corrected chi connectivity index (χ3v) is 4.55. The number of aromatic nitrogens is 1. The molecule has 3 rings (SSSR count). The third kappa shape index (κ3) is 5.85. The van der Waals surface area contributed by atoms with E-state index in [-0.39, 0.29) is 24.7 Å². The zero-order valence-electron chi connectivity index (χ0n) is 17.4. The number of pyridine rings is 1. The van der Waals surface area contributed by atoms with Gasteiger partial charge in [-0.05, 0) is 60.5 Å². The molecule has 0 unspecified atom stereocenters. The van der Waals surface area contributed by atoms with Crippen LogP contribution in [-0.4, -0.2) is 28.4 Å². The molecule has 1 aromatic heterocycles. The van der Waals surface area contributed by atoms with Gasteiger partial charge in [0.1, 0.15) is 0 Å². The number of rotatable bonds is 8. The van der Waals surface area contributed by atoms with Crippen molar-refractivity contribution in [2.45, 2.75) is 13.5 Å². The zero-order valence-corrected chi connectivity index (χ0v) is 17.4. The number of hydrogen-bond acceptors (Lipinski definition) is 6. The van der Waals surface area contributed by atoms with Crippen LogP contribution in [0.15, 0.2) is 79.1 Å². The molecular weight excluding hydrogens is 410 g/mol. The number of hydrogen-bond donors (Lipinski definition) is 0. The lowest BCUT2D eigenvalue weighted by atomic mass is 10.1. The summed E-state index contributed by atoms with van der Waals surface area (Å²) >= 11 is 0. The normalized spacial score (nSPS) is 10.7. The van der Waals surface area contributed by atoms with Gasteiger partial charge in [0, 0.05) is 36.3 Å². The Bertz CT molecular complexity index is 1130. The van der Waals surface area contributed by atoms with E-state index >= 15 is 0 Å². The van der Waals surface area contributed by atoms with Gasteiger partial charge < -0.3 is 9.64 Å². The molecule has 1 heterocycles. The molecule has 0 bridgehead atoms. The van der Waals surface area contributed by atoms with Gasteiger partial charge in [0.25, 0.3) is 11.6 Å². The lowest BCUT2D eigenvalue weighted by molar-refractivity contribution is -0.384. The summed E-state index contributed by atoms with van der Waals surface area (Å²) in [6.07, 6.45) is 6.17. The Hall–Kier alpha value is -4.33. The molecule has 0 aliphatic carbocycles. The van der Waals surface area contributed by atoms with Crippen molar-refractivity contribution in [2.75, 3.05) is 11.5 Å². The SMILES string of the molecule is CCOC(=O)c1ccc(N(Cc2ccncc2)C(=O)/C=C/c2cccc([N+](=O)[O-])c2)cc1. The summed E-state index contributed by atoms with van der Waals surface area (Å²) in [6.45, 7) is 2.28. The fraction of sp³-hybridized carbons (Fsp3) is 0.125. The molecule has 2 aromatic carbocycles. The first kappa shape index (κ1) is 22.4. The van der Waals surface area contributed by atoms with Gasteiger partial charge >= 0.3 is 5.97 Å². The Balaban J connectivity index is 1.87. The van der Waals surface area contributed by atoms with Crippen LogP contribution in [0.25, 0.3) is 6.08 Å². The Kier molecular flexibility index (Phi) is 7.42. The molecule has 1 amide bonds. The second-order valence-corrected chi connectivity index (χ2v) is 6.73. The largest absolute Gasteiger partial charge is 0.462 e. The number of nitro benzene ring substituents is 1. The minimum atomic E-state index is -0.486. The molecule has 8 nitrogen and oxygen atoms in total. The fourth-order valence-electron chi connectivity index (χ4n) is 2.96. The smallest absolute Gasteiger partial charge is 0.338 e. The van der Waals surface area contributed by atoms with Crippen molar-refractivity contribution in [3.05, 3.63) is 106 Å². The minimum Gasteiger partial charge on any atom is -0.462 e. The van der Waals surface area contributed by atoms with E-state index in [0.29, 0.717) is 16.8 Å². The lowest BCUT2D eigenvalue weighted by Crippen LogP contribution is -2.28. The molecule has 0 aliphatic heterocycles. The van der Waals surface area contributed by atoms with Crippen molar-refractivity contribution >= 4 is 29.3 Å². The standard InChI is InChI=1S/C24H21N3O5/c1-2-32-24(29)20-7-9-21(10-8-20)26(17-19-12-14-25-15-13-19)23(28)11-6-18-4-3-5-22(16-18)27(30)31/h3-16H,2,17H2,1H3/b11-6+. The zero-order chi connectivity index (χ0) is 22.9. The highest BCUT2D eigenvalue weighted by atomic mass is 16.6. The van der Waals surface area contributed by atoms with Crippen LogP contribution in [0, 0.1) is 10.1 Å². The van der Waals surface area contributed by atoms with Crippen molar-refractivity contribution in [1.82, 2.24) is 4.98 Å². The van der Waals surface area contributed by atoms with Crippen LogP contribution < -0.4 is 4.90 Å². The van der Waals surface area contributed by atoms with Crippen LogP contribution in [0.3, 0.4) is 0 Å². The minimum absolute atomic E-state index is 0.0530. The fourth-order valence-corrected chi connectivity index (χ4v) is 2.96. The molecule has 0 spiro atoms. The predicted octanol–water partition coefficient (Wildman–Crippen LogP) is 4.41. The second-order valence-electron chi connectivity index (χ2n) is 6.73. The molecule has 0 N–H and O–H groups in total. The molecule has 0 saturated carbocycles. The van der Waals surface area contributed by atoms with Gasteiger partial charge in [-0.25, -0.2) is 4.79 Å². The Morgan fingerprint density at radius 3 is 2.47 bits per heavy atom. The van der Waals surface area contributed by atoms with E-state index in [4.69, 9.17) is 4.74 Å². The number of anilines is 1. The Labute approximate surface area is 184 Å². The topological polar surface area (TPSA) is 103 Å². The van der Waals surface area contributed by atoms with Crippen molar-refractivity contribution in [3.8, 4) is 0 Å². The molecule has 32 heavy (non-hydrogen) atoms. The first-order valence-corrected chi connectivity index (χ1v) is 9.88.